The Morgan fingerprint density at radius 3 is 2.76 bits per heavy atom. The lowest BCUT2D eigenvalue weighted by Gasteiger charge is -2.08. The first-order valence-corrected chi connectivity index (χ1v) is 9.96. The van der Waals surface area contributed by atoms with Crippen LogP contribution in [-0.2, 0) is 11.3 Å². The minimum atomic E-state index is -0.113. The van der Waals surface area contributed by atoms with Crippen LogP contribution in [0.1, 0.15) is 11.1 Å². The van der Waals surface area contributed by atoms with Crippen molar-refractivity contribution < 1.29 is 14.3 Å². The number of pyridine rings is 1. The summed E-state index contributed by atoms with van der Waals surface area (Å²) in [5, 5.41) is 12.8. The predicted molar refractivity (Wildman–Crippen MR) is 110 cm³/mol. The average molecular weight is 403 g/mol. The Morgan fingerprint density at radius 2 is 1.93 bits per heavy atom. The molecule has 0 fully saturated rings. The van der Waals surface area contributed by atoms with Crippen LogP contribution >= 0.6 is 11.8 Å². The van der Waals surface area contributed by atoms with Crippen LogP contribution in [0.15, 0.2) is 65.7 Å². The molecule has 0 aliphatic carbocycles. The Bertz CT molecular complexity index is 1080. The maximum Gasteiger partial charge on any atom is 0.231 e. The summed E-state index contributed by atoms with van der Waals surface area (Å²) >= 11 is 1.25. The molecule has 6 nitrogen and oxygen atoms in total. The minimum Gasteiger partial charge on any atom is -0.454 e. The molecule has 144 valence electrons. The highest BCUT2D eigenvalue weighted by Crippen LogP contribution is 2.36. The Balaban J connectivity index is 1.44. The van der Waals surface area contributed by atoms with E-state index in [4.69, 9.17) is 9.47 Å². The average Bonchev–Trinajstić information content (AvgIpc) is 3.24. The number of thioether (sulfide) groups is 1. The summed E-state index contributed by atoms with van der Waals surface area (Å²) in [6.07, 6.45) is 0. The maximum atomic E-state index is 12.2. The number of amides is 1. The fourth-order valence-electron chi connectivity index (χ4n) is 2.83. The van der Waals surface area contributed by atoms with E-state index >= 15 is 0 Å². The summed E-state index contributed by atoms with van der Waals surface area (Å²) in [7, 11) is 0. The number of benzene rings is 2. The number of hydrogen-bond acceptors (Lipinski definition) is 6. The first kappa shape index (κ1) is 18.8. The minimum absolute atomic E-state index is 0.113. The number of nitrogens with one attached hydrogen (secondary N) is 1. The summed E-state index contributed by atoms with van der Waals surface area (Å²) in [6, 6.07) is 20.9. The lowest BCUT2D eigenvalue weighted by molar-refractivity contribution is -0.118. The number of nitrogens with zero attached hydrogens (tertiary/aromatic N) is 2. The molecule has 0 radical (unpaired) electrons. The highest BCUT2D eigenvalue weighted by atomic mass is 32.2. The van der Waals surface area contributed by atoms with Gasteiger partial charge in [0.15, 0.2) is 11.5 Å². The molecule has 0 atom stereocenters. The monoisotopic (exact) mass is 403 g/mol. The molecule has 29 heavy (non-hydrogen) atoms. The highest BCUT2D eigenvalue weighted by molar-refractivity contribution is 8.00. The second-order valence-corrected chi connectivity index (χ2v) is 7.24. The summed E-state index contributed by atoms with van der Waals surface area (Å²) in [4.78, 5) is 16.8. The molecule has 0 bridgehead atoms. The number of rotatable bonds is 6. The quantitative estimate of drug-likeness (QED) is 0.631. The van der Waals surface area contributed by atoms with Crippen LogP contribution in [0, 0.1) is 11.3 Å². The second-order valence-electron chi connectivity index (χ2n) is 6.28. The zero-order chi connectivity index (χ0) is 20.1. The van der Waals surface area contributed by atoms with E-state index in [1.165, 1.54) is 11.8 Å². The van der Waals surface area contributed by atoms with Crippen molar-refractivity contribution in [1.29, 1.82) is 5.26 Å². The van der Waals surface area contributed by atoms with Crippen LogP contribution in [0.25, 0.3) is 11.3 Å². The second kappa shape index (κ2) is 8.67. The van der Waals surface area contributed by atoms with Gasteiger partial charge < -0.3 is 14.8 Å². The first-order valence-electron chi connectivity index (χ1n) is 8.97. The van der Waals surface area contributed by atoms with Gasteiger partial charge in [-0.15, -0.1) is 0 Å². The highest BCUT2D eigenvalue weighted by Gasteiger charge is 2.16. The topological polar surface area (TPSA) is 84.2 Å². The largest absolute Gasteiger partial charge is 0.454 e. The van der Waals surface area contributed by atoms with Gasteiger partial charge in [-0.3, -0.25) is 4.79 Å². The van der Waals surface area contributed by atoms with Gasteiger partial charge in [0.25, 0.3) is 0 Å². The van der Waals surface area contributed by atoms with Gasteiger partial charge in [0.05, 0.1) is 17.0 Å². The van der Waals surface area contributed by atoms with Gasteiger partial charge in [-0.2, -0.15) is 5.26 Å². The fourth-order valence-corrected chi connectivity index (χ4v) is 3.64. The smallest absolute Gasteiger partial charge is 0.231 e. The third-order valence-electron chi connectivity index (χ3n) is 4.32. The SMILES string of the molecule is N#Cc1ccc(-c2ccc3c(c2)OCO3)nc1SCC(=O)NCc1ccccc1. The molecule has 2 heterocycles. The Hall–Kier alpha value is -3.50. The van der Waals surface area contributed by atoms with Gasteiger partial charge in [-0.25, -0.2) is 4.98 Å². The van der Waals surface area contributed by atoms with Crippen molar-refractivity contribution in [3.63, 3.8) is 0 Å². The molecule has 0 spiro atoms. The lowest BCUT2D eigenvalue weighted by Crippen LogP contribution is -2.24. The Kier molecular flexibility index (Phi) is 5.63. The number of hydrogen-bond donors (Lipinski definition) is 1. The van der Waals surface area contributed by atoms with Crippen molar-refractivity contribution in [3.05, 3.63) is 71.8 Å². The standard InChI is InChI=1S/C22H17N3O3S/c23-11-17-6-8-18(16-7-9-19-20(10-16)28-14-27-19)25-22(17)29-13-21(26)24-12-15-4-2-1-3-5-15/h1-10H,12-14H2,(H,24,26). The van der Waals surface area contributed by atoms with Crippen molar-refractivity contribution >= 4 is 17.7 Å². The third-order valence-corrected chi connectivity index (χ3v) is 5.31. The van der Waals surface area contributed by atoms with E-state index in [1.54, 1.807) is 12.1 Å². The number of carbonyl (C=O) groups is 1. The number of nitriles is 1. The van der Waals surface area contributed by atoms with Gasteiger partial charge >= 0.3 is 0 Å². The molecule has 1 aliphatic rings. The summed E-state index contributed by atoms with van der Waals surface area (Å²) in [5.41, 5.74) is 3.03. The Labute approximate surface area is 172 Å². The zero-order valence-corrected chi connectivity index (χ0v) is 16.2. The molecule has 7 heteroatoms. The van der Waals surface area contributed by atoms with Crippen LogP contribution in [0.2, 0.25) is 0 Å². The molecule has 1 amide bonds. The van der Waals surface area contributed by atoms with Crippen LogP contribution < -0.4 is 14.8 Å². The van der Waals surface area contributed by atoms with E-state index < -0.39 is 0 Å². The van der Waals surface area contributed by atoms with E-state index in [2.05, 4.69) is 16.4 Å². The summed E-state index contributed by atoms with van der Waals surface area (Å²) in [5.74, 6) is 1.44. The van der Waals surface area contributed by atoms with Crippen molar-refractivity contribution in [2.24, 2.45) is 0 Å². The van der Waals surface area contributed by atoms with Crippen molar-refractivity contribution in [2.75, 3.05) is 12.5 Å². The molecular weight excluding hydrogens is 386 g/mol. The fraction of sp³-hybridized carbons (Fsp3) is 0.136. The van der Waals surface area contributed by atoms with Gasteiger partial charge in [-0.05, 0) is 35.9 Å². The molecule has 4 rings (SSSR count). The van der Waals surface area contributed by atoms with E-state index in [9.17, 15) is 10.1 Å². The molecule has 2 aromatic carbocycles. The van der Waals surface area contributed by atoms with Crippen molar-refractivity contribution in [1.82, 2.24) is 10.3 Å². The van der Waals surface area contributed by atoms with E-state index in [0.29, 0.717) is 34.3 Å². The van der Waals surface area contributed by atoms with Gasteiger partial charge in [0.2, 0.25) is 12.7 Å². The van der Waals surface area contributed by atoms with Gasteiger partial charge in [0, 0.05) is 12.1 Å². The number of ether oxygens (including phenoxy) is 2. The molecular formula is C22H17N3O3S. The molecule has 1 aliphatic heterocycles. The molecule has 0 saturated heterocycles. The summed E-state index contributed by atoms with van der Waals surface area (Å²) < 4.78 is 10.8. The van der Waals surface area contributed by atoms with E-state index in [-0.39, 0.29) is 18.5 Å². The van der Waals surface area contributed by atoms with Gasteiger partial charge in [-0.1, -0.05) is 42.1 Å². The lowest BCUT2D eigenvalue weighted by atomic mass is 10.1. The van der Waals surface area contributed by atoms with Crippen LogP contribution in [0.5, 0.6) is 11.5 Å². The molecule has 0 unspecified atom stereocenters. The van der Waals surface area contributed by atoms with Crippen molar-refractivity contribution in [2.45, 2.75) is 11.6 Å². The van der Waals surface area contributed by atoms with E-state index in [1.807, 2.05) is 48.5 Å². The molecule has 0 saturated carbocycles. The molecule has 3 aromatic rings. The third kappa shape index (κ3) is 4.50. The van der Waals surface area contributed by atoms with Crippen LogP contribution in [-0.4, -0.2) is 23.4 Å². The Morgan fingerprint density at radius 1 is 1.10 bits per heavy atom. The normalized spacial score (nSPS) is 11.7. The number of aromatic nitrogens is 1. The first-order chi connectivity index (χ1) is 14.2. The molecule has 1 N–H and O–H groups in total. The van der Waals surface area contributed by atoms with Gasteiger partial charge in [0.1, 0.15) is 11.1 Å². The van der Waals surface area contributed by atoms with Crippen LogP contribution in [0.4, 0.5) is 0 Å². The number of carbonyl (C=O) groups excluding carboxylic acids is 1. The van der Waals surface area contributed by atoms with Crippen LogP contribution in [0.3, 0.4) is 0 Å². The zero-order valence-electron chi connectivity index (χ0n) is 15.4. The summed E-state index contributed by atoms with van der Waals surface area (Å²) in [6.45, 7) is 0.675. The van der Waals surface area contributed by atoms with Crippen molar-refractivity contribution in [3.8, 4) is 28.8 Å². The molecule has 1 aromatic heterocycles. The maximum absolute atomic E-state index is 12.2. The number of fused-ring (bicyclic) bond motifs is 1. The van der Waals surface area contributed by atoms with E-state index in [0.717, 1.165) is 11.1 Å². The predicted octanol–water partition coefficient (Wildman–Crippen LogP) is 3.76.